The van der Waals surface area contributed by atoms with Gasteiger partial charge in [0, 0.05) is 10.9 Å². The molecule has 1 aliphatic heterocycles. The van der Waals surface area contributed by atoms with Gasteiger partial charge in [0.05, 0.1) is 15.6 Å². The molecule has 1 heterocycles. The number of hydrogen-bond donors (Lipinski definition) is 1. The lowest BCUT2D eigenvalue weighted by atomic mass is 9.94. The summed E-state index contributed by atoms with van der Waals surface area (Å²) < 4.78 is 6.15. The molecule has 5 heteroatoms. The van der Waals surface area contributed by atoms with Crippen molar-refractivity contribution in [2.24, 2.45) is 0 Å². The molecule has 1 aliphatic rings. The van der Waals surface area contributed by atoms with Crippen LogP contribution in [0.3, 0.4) is 0 Å². The summed E-state index contributed by atoms with van der Waals surface area (Å²) >= 11 is 12.1. The van der Waals surface area contributed by atoms with Gasteiger partial charge in [-0.05, 0) is 29.2 Å². The van der Waals surface area contributed by atoms with E-state index in [1.807, 2.05) is 36.4 Å². The number of fused-ring (bicyclic) bond motifs is 3. The Morgan fingerprint density at radius 1 is 1.00 bits per heavy atom. The van der Waals surface area contributed by atoms with Gasteiger partial charge in [0.25, 0.3) is 0 Å². The van der Waals surface area contributed by atoms with Crippen LogP contribution >= 0.6 is 23.2 Å². The molecule has 0 bridgehead atoms. The standard InChI is InChI=1S/C20H12Cl2O3/c21-16-8-7-13(10-17(16)22)19-15(20(23)24)9-12-6-5-11-3-1-2-4-14(11)18(12)25-19/h1-10,19H,(H,23,24). The maximum Gasteiger partial charge on any atom is 0.335 e. The van der Waals surface area contributed by atoms with Gasteiger partial charge in [-0.3, -0.25) is 0 Å². The normalized spacial score (nSPS) is 16.1. The zero-order chi connectivity index (χ0) is 17.6. The van der Waals surface area contributed by atoms with Crippen LogP contribution in [0.1, 0.15) is 17.2 Å². The molecule has 0 spiro atoms. The molecule has 0 saturated carbocycles. The van der Waals surface area contributed by atoms with Crippen LogP contribution in [0.2, 0.25) is 10.0 Å². The summed E-state index contributed by atoms with van der Waals surface area (Å²) in [6, 6.07) is 16.7. The van der Waals surface area contributed by atoms with Gasteiger partial charge in [-0.25, -0.2) is 4.79 Å². The Morgan fingerprint density at radius 2 is 1.80 bits per heavy atom. The first-order chi connectivity index (χ1) is 12.0. The van der Waals surface area contributed by atoms with Crippen LogP contribution in [-0.4, -0.2) is 11.1 Å². The van der Waals surface area contributed by atoms with Crippen molar-refractivity contribution in [1.82, 2.24) is 0 Å². The Kier molecular flexibility index (Phi) is 3.91. The van der Waals surface area contributed by atoms with Crippen molar-refractivity contribution in [2.45, 2.75) is 6.10 Å². The first-order valence-electron chi connectivity index (χ1n) is 7.63. The maximum atomic E-state index is 11.8. The second-order valence-corrected chi connectivity index (χ2v) is 6.60. The van der Waals surface area contributed by atoms with E-state index >= 15 is 0 Å². The number of benzene rings is 3. The van der Waals surface area contributed by atoms with Gasteiger partial charge < -0.3 is 9.84 Å². The summed E-state index contributed by atoms with van der Waals surface area (Å²) in [5.74, 6) is -0.367. The number of halogens is 2. The van der Waals surface area contributed by atoms with Crippen molar-refractivity contribution in [2.75, 3.05) is 0 Å². The van der Waals surface area contributed by atoms with Gasteiger partial charge in [0.2, 0.25) is 0 Å². The minimum atomic E-state index is -1.03. The molecule has 0 aromatic heterocycles. The van der Waals surface area contributed by atoms with E-state index in [-0.39, 0.29) is 5.57 Å². The number of hydrogen-bond acceptors (Lipinski definition) is 2. The monoisotopic (exact) mass is 370 g/mol. The lowest BCUT2D eigenvalue weighted by molar-refractivity contribution is -0.133. The molecule has 0 fully saturated rings. The highest BCUT2D eigenvalue weighted by atomic mass is 35.5. The predicted octanol–water partition coefficient (Wildman–Crippen LogP) is 5.75. The van der Waals surface area contributed by atoms with Crippen molar-refractivity contribution >= 4 is 46.0 Å². The summed E-state index contributed by atoms with van der Waals surface area (Å²) in [5, 5.41) is 12.4. The highest BCUT2D eigenvalue weighted by Crippen LogP contribution is 2.42. The van der Waals surface area contributed by atoms with Crippen LogP contribution in [-0.2, 0) is 4.79 Å². The highest BCUT2D eigenvalue weighted by molar-refractivity contribution is 6.42. The lowest BCUT2D eigenvalue weighted by Gasteiger charge is -2.27. The molecule has 0 amide bonds. The zero-order valence-corrected chi connectivity index (χ0v) is 14.4. The van der Waals surface area contributed by atoms with Crippen molar-refractivity contribution in [3.05, 3.63) is 81.3 Å². The Balaban J connectivity index is 1.91. The van der Waals surface area contributed by atoms with Crippen molar-refractivity contribution in [3.63, 3.8) is 0 Å². The quantitative estimate of drug-likeness (QED) is 0.624. The highest BCUT2D eigenvalue weighted by Gasteiger charge is 2.30. The largest absolute Gasteiger partial charge is 0.479 e. The molecule has 0 aliphatic carbocycles. The molecule has 1 N–H and O–H groups in total. The smallest absolute Gasteiger partial charge is 0.335 e. The summed E-state index contributed by atoms with van der Waals surface area (Å²) in [6.07, 6.45) is 0.895. The molecule has 3 aromatic rings. The van der Waals surface area contributed by atoms with E-state index in [1.165, 1.54) is 0 Å². The molecule has 1 unspecified atom stereocenters. The third kappa shape index (κ3) is 2.76. The fourth-order valence-corrected chi connectivity index (χ4v) is 3.33. The van der Waals surface area contributed by atoms with E-state index in [1.54, 1.807) is 24.3 Å². The Bertz CT molecular complexity index is 1040. The van der Waals surface area contributed by atoms with Crippen LogP contribution in [0.5, 0.6) is 5.75 Å². The SMILES string of the molecule is O=C(O)C1=Cc2ccc3ccccc3c2OC1c1ccc(Cl)c(Cl)c1. The van der Waals surface area contributed by atoms with Crippen molar-refractivity contribution in [1.29, 1.82) is 0 Å². The van der Waals surface area contributed by atoms with Crippen LogP contribution < -0.4 is 4.74 Å². The number of carboxylic acid groups (broad SMARTS) is 1. The van der Waals surface area contributed by atoms with E-state index < -0.39 is 12.1 Å². The Labute approximate surface area is 154 Å². The molecule has 1 atom stereocenters. The summed E-state index contributed by atoms with van der Waals surface area (Å²) in [7, 11) is 0. The van der Waals surface area contributed by atoms with Gasteiger partial charge in [-0.15, -0.1) is 0 Å². The molecule has 0 saturated heterocycles. The molecule has 0 radical (unpaired) electrons. The minimum absolute atomic E-state index is 0.154. The fraction of sp³-hybridized carbons (Fsp3) is 0.0500. The summed E-state index contributed by atoms with van der Waals surface area (Å²) in [4.78, 5) is 11.8. The van der Waals surface area contributed by atoms with Gasteiger partial charge in [0.1, 0.15) is 5.75 Å². The number of carboxylic acids is 1. The van der Waals surface area contributed by atoms with Crippen molar-refractivity contribution < 1.29 is 14.6 Å². The van der Waals surface area contributed by atoms with Gasteiger partial charge in [-0.2, -0.15) is 0 Å². The lowest BCUT2D eigenvalue weighted by Crippen LogP contribution is -2.20. The Morgan fingerprint density at radius 3 is 2.56 bits per heavy atom. The molecular weight excluding hydrogens is 359 g/mol. The van der Waals surface area contributed by atoms with E-state index in [0.717, 1.165) is 16.3 Å². The number of carbonyl (C=O) groups is 1. The molecule has 4 rings (SSSR count). The molecule has 3 aromatic carbocycles. The Hall–Kier alpha value is -2.49. The average Bonchev–Trinajstić information content (AvgIpc) is 2.62. The van der Waals surface area contributed by atoms with Crippen LogP contribution in [0.25, 0.3) is 16.8 Å². The molecule has 25 heavy (non-hydrogen) atoms. The predicted molar refractivity (Wildman–Crippen MR) is 99.4 cm³/mol. The third-order valence-corrected chi connectivity index (χ3v) is 4.97. The zero-order valence-electron chi connectivity index (χ0n) is 12.9. The topological polar surface area (TPSA) is 46.5 Å². The average molecular weight is 371 g/mol. The first-order valence-corrected chi connectivity index (χ1v) is 8.38. The van der Waals surface area contributed by atoms with Crippen LogP contribution in [0.15, 0.2) is 60.2 Å². The first kappa shape index (κ1) is 16.0. The third-order valence-electron chi connectivity index (χ3n) is 4.23. The van der Waals surface area contributed by atoms with Crippen LogP contribution in [0, 0.1) is 0 Å². The maximum absolute atomic E-state index is 11.8. The molecule has 124 valence electrons. The van der Waals surface area contributed by atoms with Gasteiger partial charge >= 0.3 is 5.97 Å². The minimum Gasteiger partial charge on any atom is -0.479 e. The number of aliphatic carboxylic acids is 1. The van der Waals surface area contributed by atoms with Crippen molar-refractivity contribution in [3.8, 4) is 5.75 Å². The van der Waals surface area contributed by atoms with Gasteiger partial charge in [0.15, 0.2) is 6.10 Å². The second-order valence-electron chi connectivity index (χ2n) is 5.78. The molecular formula is C20H12Cl2O3. The summed E-state index contributed by atoms with van der Waals surface area (Å²) in [6.45, 7) is 0. The molecule has 3 nitrogen and oxygen atoms in total. The number of ether oxygens (including phenoxy) is 1. The van der Waals surface area contributed by atoms with E-state index in [0.29, 0.717) is 21.4 Å². The fourth-order valence-electron chi connectivity index (χ4n) is 3.03. The van der Waals surface area contributed by atoms with E-state index in [4.69, 9.17) is 27.9 Å². The van der Waals surface area contributed by atoms with Crippen LogP contribution in [0.4, 0.5) is 0 Å². The van der Waals surface area contributed by atoms with E-state index in [9.17, 15) is 9.90 Å². The summed E-state index contributed by atoms with van der Waals surface area (Å²) in [5.41, 5.74) is 1.54. The van der Waals surface area contributed by atoms with Gasteiger partial charge in [-0.1, -0.05) is 65.7 Å². The second kappa shape index (κ2) is 6.10. The van der Waals surface area contributed by atoms with E-state index in [2.05, 4.69) is 0 Å². The number of rotatable bonds is 2.